The topological polar surface area (TPSA) is 67.4 Å². The Bertz CT molecular complexity index is 1330. The maximum Gasteiger partial charge on any atom is 0.266 e. The second-order valence-electron chi connectivity index (χ2n) is 7.91. The third-order valence-corrected chi connectivity index (χ3v) is 6.59. The van der Waals surface area contributed by atoms with Crippen LogP contribution in [0.25, 0.3) is 10.1 Å². The number of fused-ring (bicyclic) bond motifs is 1. The van der Waals surface area contributed by atoms with E-state index in [0.717, 1.165) is 12.8 Å². The molecule has 0 atom stereocenters. The molecule has 5 nitrogen and oxygen atoms in total. The van der Waals surface area contributed by atoms with E-state index in [1.807, 2.05) is 30.3 Å². The van der Waals surface area contributed by atoms with Gasteiger partial charge in [-0.25, -0.2) is 4.39 Å². The van der Waals surface area contributed by atoms with Gasteiger partial charge in [-0.05, 0) is 55.3 Å². The second kappa shape index (κ2) is 9.03. The standard InChI is InChI=1S/C26H21FN2O3S/c27-21-10-5-11-22-23(21)20(15-32-19-8-2-1-3-9-19)24(33-22)26(31)29-18-7-4-6-16(14-18)25(30)28-17-12-13-17/h1-11,14,17H,12-13,15H2,(H,28,30)(H,29,31). The molecule has 1 fully saturated rings. The molecular weight excluding hydrogens is 439 g/mol. The molecule has 1 aliphatic carbocycles. The summed E-state index contributed by atoms with van der Waals surface area (Å²) in [4.78, 5) is 25.9. The number of benzene rings is 3. The summed E-state index contributed by atoms with van der Waals surface area (Å²) in [6, 6.07) is 21.0. The van der Waals surface area contributed by atoms with Crippen LogP contribution in [0.1, 0.15) is 38.4 Å². The number of hydrogen-bond donors (Lipinski definition) is 2. The normalized spacial score (nSPS) is 13.0. The predicted octanol–water partition coefficient (Wildman–Crippen LogP) is 5.76. The van der Waals surface area contributed by atoms with Gasteiger partial charge in [-0.3, -0.25) is 9.59 Å². The summed E-state index contributed by atoms with van der Waals surface area (Å²) in [5.74, 6) is -0.293. The highest BCUT2D eigenvalue weighted by Gasteiger charge is 2.24. The smallest absolute Gasteiger partial charge is 0.266 e. The summed E-state index contributed by atoms with van der Waals surface area (Å²) in [5, 5.41) is 6.18. The Morgan fingerprint density at radius 1 is 0.970 bits per heavy atom. The summed E-state index contributed by atoms with van der Waals surface area (Å²) < 4.78 is 21.2. The number of thiophene rings is 1. The lowest BCUT2D eigenvalue weighted by Gasteiger charge is -2.10. The molecule has 5 rings (SSSR count). The molecule has 0 bridgehead atoms. The van der Waals surface area contributed by atoms with Crippen LogP contribution in [0.15, 0.2) is 72.8 Å². The Labute approximate surface area is 194 Å². The molecule has 4 aromatic rings. The van der Waals surface area contributed by atoms with Crippen molar-refractivity contribution in [3.8, 4) is 5.75 Å². The molecule has 0 aliphatic heterocycles. The van der Waals surface area contributed by atoms with Crippen molar-refractivity contribution in [2.24, 2.45) is 0 Å². The van der Waals surface area contributed by atoms with Gasteiger partial charge in [0.2, 0.25) is 0 Å². The van der Waals surface area contributed by atoms with Crippen molar-refractivity contribution in [1.29, 1.82) is 0 Å². The summed E-state index contributed by atoms with van der Waals surface area (Å²) in [6.07, 6.45) is 2.00. The van der Waals surface area contributed by atoms with E-state index in [0.29, 0.717) is 37.5 Å². The SMILES string of the molecule is O=C(NC1CC1)c1cccc(NC(=O)c2sc3cccc(F)c3c2COc2ccccc2)c1. The van der Waals surface area contributed by atoms with Crippen molar-refractivity contribution >= 4 is 38.9 Å². The maximum absolute atomic E-state index is 14.7. The molecule has 7 heteroatoms. The van der Waals surface area contributed by atoms with Crippen LogP contribution in [0, 0.1) is 5.82 Å². The zero-order valence-electron chi connectivity index (χ0n) is 17.6. The summed E-state index contributed by atoms with van der Waals surface area (Å²) in [5.41, 5.74) is 1.48. The molecule has 0 radical (unpaired) electrons. The highest BCUT2D eigenvalue weighted by molar-refractivity contribution is 7.21. The lowest BCUT2D eigenvalue weighted by Crippen LogP contribution is -2.25. The van der Waals surface area contributed by atoms with E-state index in [9.17, 15) is 14.0 Å². The van der Waals surface area contributed by atoms with Gasteiger partial charge in [0, 0.05) is 32.9 Å². The van der Waals surface area contributed by atoms with E-state index in [-0.39, 0.29) is 24.5 Å². The minimum Gasteiger partial charge on any atom is -0.489 e. The number of carbonyl (C=O) groups excluding carboxylic acids is 2. The summed E-state index contributed by atoms with van der Waals surface area (Å²) in [6.45, 7) is 0.0531. The van der Waals surface area contributed by atoms with Crippen LogP contribution in [-0.4, -0.2) is 17.9 Å². The second-order valence-corrected chi connectivity index (χ2v) is 8.96. The minimum absolute atomic E-state index is 0.0531. The van der Waals surface area contributed by atoms with Gasteiger partial charge in [-0.1, -0.05) is 30.3 Å². The number of carbonyl (C=O) groups is 2. The van der Waals surface area contributed by atoms with Crippen molar-refractivity contribution in [2.45, 2.75) is 25.5 Å². The fourth-order valence-electron chi connectivity index (χ4n) is 3.58. The van der Waals surface area contributed by atoms with E-state index in [2.05, 4.69) is 10.6 Å². The van der Waals surface area contributed by atoms with Crippen LogP contribution in [-0.2, 0) is 6.61 Å². The van der Waals surface area contributed by atoms with Gasteiger partial charge >= 0.3 is 0 Å². The fourth-order valence-corrected chi connectivity index (χ4v) is 4.70. The average molecular weight is 461 g/mol. The van der Waals surface area contributed by atoms with Crippen LogP contribution in [0.4, 0.5) is 10.1 Å². The van der Waals surface area contributed by atoms with Crippen molar-refractivity contribution < 1.29 is 18.7 Å². The molecule has 166 valence electrons. The van der Waals surface area contributed by atoms with Gasteiger partial charge in [0.15, 0.2) is 0 Å². The largest absolute Gasteiger partial charge is 0.489 e. The zero-order valence-corrected chi connectivity index (χ0v) is 18.5. The maximum atomic E-state index is 14.7. The third kappa shape index (κ3) is 4.73. The summed E-state index contributed by atoms with van der Waals surface area (Å²) in [7, 11) is 0. The van der Waals surface area contributed by atoms with Crippen LogP contribution in [0.5, 0.6) is 5.75 Å². The number of ether oxygens (including phenoxy) is 1. The number of hydrogen-bond acceptors (Lipinski definition) is 4. The van der Waals surface area contributed by atoms with E-state index in [1.54, 1.807) is 36.4 Å². The third-order valence-electron chi connectivity index (χ3n) is 5.39. The molecule has 0 unspecified atom stereocenters. The van der Waals surface area contributed by atoms with Crippen LogP contribution >= 0.6 is 11.3 Å². The van der Waals surface area contributed by atoms with E-state index in [4.69, 9.17) is 4.74 Å². The molecule has 2 N–H and O–H groups in total. The molecular formula is C26H21FN2O3S. The molecule has 2 amide bonds. The lowest BCUT2D eigenvalue weighted by molar-refractivity contribution is 0.0949. The predicted molar refractivity (Wildman–Crippen MR) is 127 cm³/mol. The number of para-hydroxylation sites is 1. The first-order valence-corrected chi connectivity index (χ1v) is 11.5. The van der Waals surface area contributed by atoms with Gasteiger partial charge in [0.25, 0.3) is 11.8 Å². The fraction of sp³-hybridized carbons (Fsp3) is 0.154. The molecule has 0 spiro atoms. The Kier molecular flexibility index (Phi) is 5.79. The van der Waals surface area contributed by atoms with Crippen LogP contribution in [0.2, 0.25) is 0 Å². The lowest BCUT2D eigenvalue weighted by atomic mass is 10.1. The summed E-state index contributed by atoms with van der Waals surface area (Å²) >= 11 is 1.22. The molecule has 1 saturated carbocycles. The van der Waals surface area contributed by atoms with Gasteiger partial charge in [-0.2, -0.15) is 0 Å². The van der Waals surface area contributed by atoms with Gasteiger partial charge in [-0.15, -0.1) is 11.3 Å². The van der Waals surface area contributed by atoms with Crippen molar-refractivity contribution in [3.63, 3.8) is 0 Å². The number of halogens is 1. The highest BCUT2D eigenvalue weighted by atomic mass is 32.1. The first kappa shape index (κ1) is 21.2. The van der Waals surface area contributed by atoms with Gasteiger partial charge in [0.1, 0.15) is 23.1 Å². The van der Waals surface area contributed by atoms with Gasteiger partial charge in [0.05, 0.1) is 0 Å². The molecule has 33 heavy (non-hydrogen) atoms. The number of anilines is 1. The van der Waals surface area contributed by atoms with Crippen molar-refractivity contribution in [2.75, 3.05) is 5.32 Å². The molecule has 1 aliphatic rings. The van der Waals surface area contributed by atoms with E-state index >= 15 is 0 Å². The van der Waals surface area contributed by atoms with Crippen LogP contribution in [0.3, 0.4) is 0 Å². The minimum atomic E-state index is -0.395. The number of rotatable bonds is 7. The van der Waals surface area contributed by atoms with E-state index in [1.165, 1.54) is 17.4 Å². The van der Waals surface area contributed by atoms with Crippen molar-refractivity contribution in [3.05, 3.63) is 94.6 Å². The Balaban J connectivity index is 1.42. The molecule has 1 heterocycles. The Morgan fingerprint density at radius 3 is 2.55 bits per heavy atom. The number of nitrogens with one attached hydrogen (secondary N) is 2. The number of amides is 2. The molecule has 3 aromatic carbocycles. The zero-order chi connectivity index (χ0) is 22.8. The highest BCUT2D eigenvalue weighted by Crippen LogP contribution is 2.34. The Hall–Kier alpha value is -3.71. The van der Waals surface area contributed by atoms with E-state index < -0.39 is 5.82 Å². The average Bonchev–Trinajstić information content (AvgIpc) is 3.56. The Morgan fingerprint density at radius 2 is 1.76 bits per heavy atom. The van der Waals surface area contributed by atoms with Gasteiger partial charge < -0.3 is 15.4 Å². The van der Waals surface area contributed by atoms with Crippen molar-refractivity contribution in [1.82, 2.24) is 5.32 Å². The molecule has 1 aromatic heterocycles. The molecule has 0 saturated heterocycles. The first-order chi connectivity index (χ1) is 16.1. The quantitative estimate of drug-likeness (QED) is 0.368. The monoisotopic (exact) mass is 460 g/mol. The first-order valence-electron chi connectivity index (χ1n) is 10.7. The van der Waals surface area contributed by atoms with Crippen LogP contribution < -0.4 is 15.4 Å².